The van der Waals surface area contributed by atoms with Crippen molar-refractivity contribution in [1.82, 2.24) is 0 Å². The highest BCUT2D eigenvalue weighted by atomic mass is 16.3. The van der Waals surface area contributed by atoms with E-state index in [1.807, 2.05) is 0 Å². The molecule has 5 heteroatoms. The minimum Gasteiger partial charge on any atom is -0.508 e. The highest BCUT2D eigenvalue weighted by Gasteiger charge is 2.11. The van der Waals surface area contributed by atoms with Crippen LogP contribution in [0.15, 0.2) is 48.5 Å². The van der Waals surface area contributed by atoms with Crippen LogP contribution in [0.2, 0.25) is 0 Å². The Balaban J connectivity index is 2.29. The number of carbonyl (C=O) groups is 1. The average molecular weight is 272 g/mol. The molecule has 0 aliphatic carbocycles. The van der Waals surface area contributed by atoms with Gasteiger partial charge in [0.15, 0.2) is 5.78 Å². The van der Waals surface area contributed by atoms with E-state index < -0.39 is 5.78 Å². The Morgan fingerprint density at radius 2 is 1.50 bits per heavy atom. The van der Waals surface area contributed by atoms with Crippen molar-refractivity contribution >= 4 is 11.5 Å². The molecule has 0 bridgehead atoms. The zero-order valence-corrected chi connectivity index (χ0v) is 10.3. The van der Waals surface area contributed by atoms with Crippen molar-refractivity contribution < 1.29 is 25.2 Å². The number of rotatable bonds is 3. The average Bonchev–Trinajstić information content (AvgIpc) is 2.39. The Hall–Kier alpha value is -2.95. The third-order valence-electron chi connectivity index (χ3n) is 2.68. The first-order valence-corrected chi connectivity index (χ1v) is 5.74. The summed E-state index contributed by atoms with van der Waals surface area (Å²) in [5.41, 5.74) is 0.322. The lowest BCUT2D eigenvalue weighted by Gasteiger charge is -2.03. The van der Waals surface area contributed by atoms with Crippen LogP contribution in [0.1, 0.15) is 15.9 Å². The van der Waals surface area contributed by atoms with Gasteiger partial charge in [0.05, 0.1) is 5.56 Å². The number of hydrogen-bond acceptors (Lipinski definition) is 5. The number of benzene rings is 2. The fourth-order valence-electron chi connectivity index (χ4n) is 1.65. The second-order valence-corrected chi connectivity index (χ2v) is 4.14. The van der Waals surface area contributed by atoms with Crippen LogP contribution in [0.25, 0.3) is 5.76 Å². The van der Waals surface area contributed by atoms with Crippen molar-refractivity contribution in [3.05, 3.63) is 59.7 Å². The summed E-state index contributed by atoms with van der Waals surface area (Å²) in [6, 6.07) is 9.21. The first-order valence-electron chi connectivity index (χ1n) is 5.74. The molecule has 20 heavy (non-hydrogen) atoms. The van der Waals surface area contributed by atoms with Crippen LogP contribution in [-0.4, -0.2) is 26.2 Å². The van der Waals surface area contributed by atoms with E-state index in [1.54, 1.807) is 0 Å². The molecule has 5 nitrogen and oxygen atoms in total. The molecular weight excluding hydrogens is 260 g/mol. The molecule has 0 heterocycles. The van der Waals surface area contributed by atoms with Gasteiger partial charge >= 0.3 is 0 Å². The van der Waals surface area contributed by atoms with Crippen molar-refractivity contribution in [2.24, 2.45) is 0 Å². The maximum absolute atomic E-state index is 11.9. The summed E-state index contributed by atoms with van der Waals surface area (Å²) in [5.74, 6) is -1.38. The summed E-state index contributed by atoms with van der Waals surface area (Å²) >= 11 is 0. The standard InChI is InChI=1S/C15H12O5/c16-10-3-1-9(2-4-10)13(18)8-15(20)12-6-5-11(17)7-14(12)19/h1-8,16-19H/b13-8-. The van der Waals surface area contributed by atoms with Crippen molar-refractivity contribution in [2.75, 3.05) is 0 Å². The van der Waals surface area contributed by atoms with Crippen LogP contribution in [-0.2, 0) is 0 Å². The number of carbonyl (C=O) groups excluding carboxylic acids is 1. The summed E-state index contributed by atoms with van der Waals surface area (Å²) in [4.78, 5) is 11.9. The highest BCUT2D eigenvalue weighted by molar-refractivity contribution is 6.09. The second kappa shape index (κ2) is 5.36. The summed E-state index contributed by atoms with van der Waals surface area (Å²) < 4.78 is 0. The molecular formula is C15H12O5. The molecule has 0 amide bonds. The van der Waals surface area contributed by atoms with Crippen LogP contribution < -0.4 is 0 Å². The fraction of sp³-hybridized carbons (Fsp3) is 0. The molecule has 0 saturated heterocycles. The van der Waals surface area contributed by atoms with Crippen molar-refractivity contribution in [3.63, 3.8) is 0 Å². The number of hydrogen-bond donors (Lipinski definition) is 4. The zero-order valence-electron chi connectivity index (χ0n) is 10.3. The number of aliphatic hydroxyl groups is 1. The molecule has 0 atom stereocenters. The molecule has 0 fully saturated rings. The molecule has 0 unspecified atom stereocenters. The minimum atomic E-state index is -0.604. The van der Waals surface area contributed by atoms with Gasteiger partial charge in [-0.1, -0.05) is 0 Å². The van der Waals surface area contributed by atoms with Crippen LogP contribution in [0.3, 0.4) is 0 Å². The first kappa shape index (κ1) is 13.5. The van der Waals surface area contributed by atoms with Crippen molar-refractivity contribution in [1.29, 1.82) is 0 Å². The van der Waals surface area contributed by atoms with Gasteiger partial charge in [0.1, 0.15) is 23.0 Å². The Kier molecular flexibility index (Phi) is 3.61. The molecule has 2 rings (SSSR count). The van der Waals surface area contributed by atoms with E-state index in [2.05, 4.69) is 0 Å². The molecule has 0 spiro atoms. The van der Waals surface area contributed by atoms with Gasteiger partial charge in [0, 0.05) is 17.7 Å². The monoisotopic (exact) mass is 272 g/mol. The maximum Gasteiger partial charge on any atom is 0.193 e. The number of phenolic OH excluding ortho intramolecular Hbond substituents is 3. The van der Waals surface area contributed by atoms with E-state index >= 15 is 0 Å². The Labute approximate surface area is 114 Å². The number of ketones is 1. The van der Waals surface area contributed by atoms with Crippen LogP contribution >= 0.6 is 0 Å². The molecule has 0 aliphatic heterocycles. The van der Waals surface area contributed by atoms with E-state index in [1.165, 1.54) is 36.4 Å². The summed E-state index contributed by atoms with van der Waals surface area (Å²) in [5, 5.41) is 37.7. The predicted molar refractivity (Wildman–Crippen MR) is 72.8 cm³/mol. The molecule has 0 saturated carbocycles. The molecule has 0 radical (unpaired) electrons. The van der Waals surface area contributed by atoms with Gasteiger partial charge in [-0.15, -0.1) is 0 Å². The smallest absolute Gasteiger partial charge is 0.193 e. The van der Waals surface area contributed by atoms with Crippen molar-refractivity contribution in [3.8, 4) is 17.2 Å². The minimum absolute atomic E-state index is 0.0341. The first-order chi connectivity index (χ1) is 9.47. The summed E-state index contributed by atoms with van der Waals surface area (Å²) in [6.07, 6.45) is 0.957. The van der Waals surface area contributed by atoms with Gasteiger partial charge in [-0.2, -0.15) is 0 Å². The van der Waals surface area contributed by atoms with Gasteiger partial charge in [0.2, 0.25) is 0 Å². The highest BCUT2D eigenvalue weighted by Crippen LogP contribution is 2.24. The molecule has 4 N–H and O–H groups in total. The number of phenols is 3. The van der Waals surface area contributed by atoms with E-state index in [0.717, 1.165) is 12.1 Å². The normalized spacial score (nSPS) is 11.3. The fourth-order valence-corrected chi connectivity index (χ4v) is 1.65. The van der Waals surface area contributed by atoms with Crippen LogP contribution in [0.4, 0.5) is 0 Å². The summed E-state index contributed by atoms with van der Waals surface area (Å²) in [6.45, 7) is 0. The lowest BCUT2D eigenvalue weighted by molar-refractivity contribution is 0.104. The van der Waals surface area contributed by atoms with Crippen LogP contribution in [0.5, 0.6) is 17.2 Å². The third-order valence-corrected chi connectivity index (χ3v) is 2.68. The lowest BCUT2D eigenvalue weighted by atomic mass is 10.1. The number of aliphatic hydroxyl groups excluding tert-OH is 1. The zero-order chi connectivity index (χ0) is 14.7. The Morgan fingerprint density at radius 1 is 0.900 bits per heavy atom. The van der Waals surface area contributed by atoms with Gasteiger partial charge in [0.25, 0.3) is 0 Å². The molecule has 2 aromatic carbocycles. The van der Waals surface area contributed by atoms with E-state index in [4.69, 9.17) is 10.2 Å². The molecule has 102 valence electrons. The Bertz CT molecular complexity index is 671. The topological polar surface area (TPSA) is 98.0 Å². The molecule has 0 aromatic heterocycles. The van der Waals surface area contributed by atoms with Gasteiger partial charge in [-0.25, -0.2) is 0 Å². The summed E-state index contributed by atoms with van der Waals surface area (Å²) in [7, 11) is 0. The largest absolute Gasteiger partial charge is 0.508 e. The second-order valence-electron chi connectivity index (χ2n) is 4.14. The van der Waals surface area contributed by atoms with E-state index in [9.17, 15) is 15.0 Å². The van der Waals surface area contributed by atoms with Gasteiger partial charge < -0.3 is 20.4 Å². The molecule has 2 aromatic rings. The van der Waals surface area contributed by atoms with E-state index in [0.29, 0.717) is 5.56 Å². The number of aromatic hydroxyl groups is 3. The van der Waals surface area contributed by atoms with E-state index in [-0.39, 0.29) is 28.6 Å². The lowest BCUT2D eigenvalue weighted by Crippen LogP contribution is -1.97. The van der Waals surface area contributed by atoms with Gasteiger partial charge in [-0.05, 0) is 36.4 Å². The predicted octanol–water partition coefficient (Wildman–Crippen LogP) is 2.59. The van der Waals surface area contributed by atoms with Gasteiger partial charge in [-0.3, -0.25) is 4.79 Å². The third kappa shape index (κ3) is 2.89. The Morgan fingerprint density at radius 3 is 2.10 bits per heavy atom. The van der Waals surface area contributed by atoms with Crippen molar-refractivity contribution in [2.45, 2.75) is 0 Å². The quantitative estimate of drug-likeness (QED) is 0.391. The number of allylic oxidation sites excluding steroid dienone is 1. The molecule has 0 aliphatic rings. The SMILES string of the molecule is O=C(/C=C(\O)c1ccc(O)cc1)c1ccc(O)cc1O. The maximum atomic E-state index is 11.9. The van der Waals surface area contributed by atoms with Crippen LogP contribution in [0, 0.1) is 0 Å².